The average molecular weight is 397 g/mol. The lowest BCUT2D eigenvalue weighted by atomic mass is 10.1. The molecule has 0 aromatic carbocycles. The number of rotatable bonds is 18. The molecule has 0 saturated carbocycles. The zero-order valence-electron chi connectivity index (χ0n) is 17.2. The largest absolute Gasteiger partial charge is 0.368 e. The lowest BCUT2D eigenvalue weighted by molar-refractivity contribution is 0.103. The second-order valence-electron chi connectivity index (χ2n) is 6.80. The van der Waals surface area contributed by atoms with Gasteiger partial charge in [-0.15, -0.1) is 11.8 Å². The van der Waals surface area contributed by atoms with Crippen molar-refractivity contribution in [1.82, 2.24) is 0 Å². The van der Waals surface area contributed by atoms with E-state index in [1.165, 1.54) is 50.7 Å². The third-order valence-corrected chi connectivity index (χ3v) is 7.69. The summed E-state index contributed by atoms with van der Waals surface area (Å²) >= 11 is 1.90. The molecule has 0 fully saturated rings. The Hall–Kier alpha value is 0.460. The highest BCUT2D eigenvalue weighted by atomic mass is 32.2. The van der Waals surface area contributed by atoms with Gasteiger partial charge < -0.3 is 13.8 Å². The predicted octanol–water partition coefficient (Wildman–Crippen LogP) is 6.88. The Kier molecular flexibility index (Phi) is 15.8. The van der Waals surface area contributed by atoms with Gasteiger partial charge in [-0.1, -0.05) is 44.9 Å². The zero-order chi connectivity index (χ0) is 19.0. The van der Waals surface area contributed by atoms with Crippen LogP contribution in [-0.4, -0.2) is 37.2 Å². The van der Waals surface area contributed by atoms with Crippen LogP contribution in [0.2, 0.25) is 0 Å². The molecule has 0 aliphatic rings. The average Bonchev–Trinajstić information content (AvgIpc) is 2.56. The van der Waals surface area contributed by atoms with Crippen molar-refractivity contribution in [3.63, 3.8) is 0 Å². The van der Waals surface area contributed by atoms with Gasteiger partial charge >= 0.3 is 7.60 Å². The first kappa shape index (κ1) is 25.5. The molecule has 0 aromatic heterocycles. The molecule has 0 aliphatic heterocycles. The van der Waals surface area contributed by atoms with E-state index in [4.69, 9.17) is 13.8 Å². The smallest absolute Gasteiger partial charge is 0.330 e. The summed E-state index contributed by atoms with van der Waals surface area (Å²) in [6, 6.07) is 0. The van der Waals surface area contributed by atoms with E-state index in [-0.39, 0.29) is 4.93 Å². The van der Waals surface area contributed by atoms with Crippen LogP contribution in [0.25, 0.3) is 0 Å². The maximum Gasteiger partial charge on any atom is 0.330 e. The first-order valence-corrected chi connectivity index (χ1v) is 12.7. The fraction of sp³-hybridized carbons (Fsp3) is 1.00. The van der Waals surface area contributed by atoms with Crippen molar-refractivity contribution in [2.24, 2.45) is 0 Å². The van der Waals surface area contributed by atoms with Crippen molar-refractivity contribution in [3.8, 4) is 0 Å². The van der Waals surface area contributed by atoms with E-state index < -0.39 is 7.60 Å². The number of hydrogen-bond donors (Lipinski definition) is 0. The molecule has 6 heteroatoms. The Morgan fingerprint density at radius 2 is 1.24 bits per heavy atom. The van der Waals surface area contributed by atoms with E-state index in [1.54, 1.807) is 7.11 Å². The minimum Gasteiger partial charge on any atom is -0.368 e. The number of methoxy groups -OCH3 is 1. The fourth-order valence-electron chi connectivity index (χ4n) is 2.58. The molecule has 152 valence electrons. The summed E-state index contributed by atoms with van der Waals surface area (Å²) in [5, 5.41) is 0. The van der Waals surface area contributed by atoms with Crippen molar-refractivity contribution in [2.75, 3.05) is 32.2 Å². The van der Waals surface area contributed by atoms with Crippen LogP contribution < -0.4 is 0 Å². The topological polar surface area (TPSA) is 44.8 Å². The first-order valence-electron chi connectivity index (χ1n) is 9.96. The van der Waals surface area contributed by atoms with Crippen molar-refractivity contribution >= 4 is 19.4 Å². The molecule has 0 unspecified atom stereocenters. The zero-order valence-corrected chi connectivity index (χ0v) is 18.9. The fourth-order valence-corrected chi connectivity index (χ4v) is 5.27. The standard InChI is InChI=1S/C19H41O4PS/c1-6-22-24(20,23-7-2)17-15-13-11-9-8-10-12-14-16-18-25-19(3,4)21-5/h6-18H2,1-5H3. The van der Waals surface area contributed by atoms with Gasteiger partial charge in [-0.3, -0.25) is 4.57 Å². The van der Waals surface area contributed by atoms with Crippen LogP contribution in [0.4, 0.5) is 0 Å². The molecule has 0 heterocycles. The SMILES string of the molecule is CCOP(=O)(CCCCCCCCCCCSC(C)(C)OC)OCC. The predicted molar refractivity (Wildman–Crippen MR) is 111 cm³/mol. The van der Waals surface area contributed by atoms with E-state index in [1.807, 2.05) is 25.6 Å². The summed E-state index contributed by atoms with van der Waals surface area (Å²) in [7, 11) is -1.04. The molecular formula is C19H41O4PS. The Bertz CT molecular complexity index is 340. The van der Waals surface area contributed by atoms with Crippen LogP contribution in [-0.2, 0) is 18.3 Å². The van der Waals surface area contributed by atoms with Gasteiger partial charge in [0.15, 0.2) is 0 Å². The highest BCUT2D eigenvalue weighted by Crippen LogP contribution is 2.48. The van der Waals surface area contributed by atoms with Gasteiger partial charge in [0.2, 0.25) is 0 Å². The van der Waals surface area contributed by atoms with E-state index >= 15 is 0 Å². The lowest BCUT2D eigenvalue weighted by Crippen LogP contribution is -2.17. The summed E-state index contributed by atoms with van der Waals surface area (Å²) < 4.78 is 28.3. The molecule has 0 amide bonds. The molecule has 25 heavy (non-hydrogen) atoms. The number of hydrogen-bond acceptors (Lipinski definition) is 5. The molecule has 4 nitrogen and oxygen atoms in total. The third kappa shape index (κ3) is 15.2. The normalized spacial score (nSPS) is 12.7. The summed E-state index contributed by atoms with van der Waals surface area (Å²) in [5.41, 5.74) is 0. The molecule has 0 atom stereocenters. The van der Waals surface area contributed by atoms with Gasteiger partial charge in [-0.2, -0.15) is 0 Å². The van der Waals surface area contributed by atoms with Crippen molar-refractivity contribution in [2.45, 2.75) is 90.4 Å². The van der Waals surface area contributed by atoms with Crippen LogP contribution in [0.5, 0.6) is 0 Å². The first-order chi connectivity index (χ1) is 11.9. The van der Waals surface area contributed by atoms with Crippen LogP contribution in [0.1, 0.15) is 85.5 Å². The Morgan fingerprint density at radius 1 is 0.800 bits per heavy atom. The maximum absolute atomic E-state index is 12.3. The van der Waals surface area contributed by atoms with Crippen LogP contribution in [0, 0.1) is 0 Å². The van der Waals surface area contributed by atoms with Gasteiger partial charge in [0.25, 0.3) is 0 Å². The van der Waals surface area contributed by atoms with E-state index in [9.17, 15) is 4.57 Å². The number of thioether (sulfide) groups is 1. The summed E-state index contributed by atoms with van der Waals surface area (Å²) in [4.78, 5) is -0.0473. The molecule has 0 radical (unpaired) electrons. The van der Waals surface area contributed by atoms with Gasteiger partial charge in [-0.25, -0.2) is 0 Å². The van der Waals surface area contributed by atoms with E-state index in [0.29, 0.717) is 19.4 Å². The molecule has 0 N–H and O–H groups in total. The number of unbranched alkanes of at least 4 members (excludes halogenated alkanes) is 8. The second kappa shape index (κ2) is 15.5. The summed E-state index contributed by atoms with van der Waals surface area (Å²) in [6.45, 7) is 8.89. The minimum atomic E-state index is -2.82. The highest BCUT2D eigenvalue weighted by molar-refractivity contribution is 8.00. The molecule has 0 aliphatic carbocycles. The van der Waals surface area contributed by atoms with Gasteiger partial charge in [0, 0.05) is 7.11 Å². The maximum atomic E-state index is 12.3. The van der Waals surface area contributed by atoms with Crippen molar-refractivity contribution in [3.05, 3.63) is 0 Å². The molecule has 0 saturated heterocycles. The van der Waals surface area contributed by atoms with Crippen molar-refractivity contribution in [1.29, 1.82) is 0 Å². The molecule has 0 aromatic rings. The van der Waals surface area contributed by atoms with Crippen LogP contribution in [0.3, 0.4) is 0 Å². The lowest BCUT2D eigenvalue weighted by Gasteiger charge is -2.21. The molecule has 0 rings (SSSR count). The van der Waals surface area contributed by atoms with Gasteiger partial charge in [0.05, 0.1) is 19.4 Å². The molecular weight excluding hydrogens is 355 g/mol. The minimum absolute atomic E-state index is 0.0473. The quantitative estimate of drug-likeness (QED) is 0.143. The summed E-state index contributed by atoms with van der Waals surface area (Å²) in [6.07, 6.45) is 11.7. The van der Waals surface area contributed by atoms with Crippen LogP contribution >= 0.6 is 19.4 Å². The van der Waals surface area contributed by atoms with E-state index in [2.05, 4.69) is 13.8 Å². The molecule has 0 spiro atoms. The van der Waals surface area contributed by atoms with Gasteiger partial charge in [0.1, 0.15) is 4.93 Å². The Balaban J connectivity index is 3.43. The van der Waals surface area contributed by atoms with Crippen LogP contribution in [0.15, 0.2) is 0 Å². The Morgan fingerprint density at radius 3 is 1.68 bits per heavy atom. The second-order valence-corrected chi connectivity index (χ2v) is 10.7. The van der Waals surface area contributed by atoms with Gasteiger partial charge in [-0.05, 0) is 46.3 Å². The number of ether oxygens (including phenoxy) is 1. The summed E-state index contributed by atoms with van der Waals surface area (Å²) in [5.74, 6) is 1.18. The molecule has 0 bridgehead atoms. The Labute approximate surface area is 160 Å². The monoisotopic (exact) mass is 396 g/mol. The third-order valence-electron chi connectivity index (χ3n) is 4.17. The van der Waals surface area contributed by atoms with Crippen molar-refractivity contribution < 1.29 is 18.3 Å². The van der Waals surface area contributed by atoms with E-state index in [0.717, 1.165) is 12.8 Å². The highest BCUT2D eigenvalue weighted by Gasteiger charge is 2.22.